The van der Waals surface area contributed by atoms with Gasteiger partial charge in [0.25, 0.3) is 5.56 Å². The second kappa shape index (κ2) is 7.74. The van der Waals surface area contributed by atoms with E-state index in [1.165, 1.54) is 0 Å². The minimum atomic E-state index is -0.0283. The summed E-state index contributed by atoms with van der Waals surface area (Å²) in [4.78, 5) is 29.8. The molecule has 0 aromatic carbocycles. The van der Waals surface area contributed by atoms with Gasteiger partial charge in [0.15, 0.2) is 5.82 Å². The van der Waals surface area contributed by atoms with Crippen molar-refractivity contribution in [2.24, 2.45) is 11.8 Å². The molecule has 8 heteroatoms. The maximum atomic E-state index is 13.4. The van der Waals surface area contributed by atoms with Crippen molar-refractivity contribution in [1.29, 1.82) is 0 Å². The summed E-state index contributed by atoms with van der Waals surface area (Å²) >= 11 is 0. The molecule has 3 aliphatic rings. The third-order valence-corrected chi connectivity index (χ3v) is 6.72. The van der Waals surface area contributed by atoms with Crippen LogP contribution in [0.5, 0.6) is 5.88 Å². The molecule has 0 unspecified atom stereocenters. The lowest BCUT2D eigenvalue weighted by Crippen LogP contribution is -2.52. The zero-order valence-corrected chi connectivity index (χ0v) is 17.2. The number of hydrogen-bond acceptors (Lipinski definition) is 6. The Kier molecular flexibility index (Phi) is 4.92. The van der Waals surface area contributed by atoms with E-state index in [1.54, 1.807) is 19.2 Å². The van der Waals surface area contributed by atoms with Gasteiger partial charge >= 0.3 is 0 Å². The molecular weight excluding hydrogens is 382 g/mol. The number of methoxy groups -OCH3 is 1. The molecule has 2 fully saturated rings. The molecule has 3 aliphatic heterocycles. The molecule has 0 radical (unpaired) electrons. The normalized spacial score (nSPS) is 25.6. The van der Waals surface area contributed by atoms with Crippen LogP contribution in [0.15, 0.2) is 35.1 Å². The largest absolute Gasteiger partial charge is 0.480 e. The Morgan fingerprint density at radius 2 is 2.00 bits per heavy atom. The quantitative estimate of drug-likeness (QED) is 0.765. The summed E-state index contributed by atoms with van der Waals surface area (Å²) in [6.07, 6.45) is 2.93. The third kappa shape index (κ3) is 3.44. The summed E-state index contributed by atoms with van der Waals surface area (Å²) in [5.74, 6) is 2.09. The Balaban J connectivity index is 1.29. The Labute approximate surface area is 175 Å². The zero-order chi connectivity index (χ0) is 20.7. The second-order valence-corrected chi connectivity index (χ2v) is 8.66. The van der Waals surface area contributed by atoms with Crippen LogP contribution >= 0.6 is 0 Å². The van der Waals surface area contributed by atoms with Crippen molar-refractivity contribution in [3.05, 3.63) is 46.4 Å². The van der Waals surface area contributed by atoms with Crippen LogP contribution in [0, 0.1) is 11.8 Å². The van der Waals surface area contributed by atoms with Crippen molar-refractivity contribution in [2.75, 3.05) is 38.2 Å². The standard InChI is InChI=1S/C22H27N5O3/c1-30-20-8-7-19(23-24-20)25-9-3-4-16(13-25)22(29)26-11-15-10-17(14-26)18-5-2-6-21(28)27(18)12-15/h2,5-8,15-17H,3-4,9-14H2,1H3/t15-,16+,17+/m0/s1. The lowest BCUT2D eigenvalue weighted by atomic mass is 9.82. The average molecular weight is 409 g/mol. The first-order valence-electron chi connectivity index (χ1n) is 10.7. The van der Waals surface area contributed by atoms with Gasteiger partial charge in [-0.2, -0.15) is 0 Å². The minimum Gasteiger partial charge on any atom is -0.480 e. The number of carbonyl (C=O) groups is 1. The Morgan fingerprint density at radius 1 is 1.10 bits per heavy atom. The van der Waals surface area contributed by atoms with E-state index in [9.17, 15) is 9.59 Å². The Hall–Kier alpha value is -2.90. The van der Waals surface area contributed by atoms with Crippen LogP contribution < -0.4 is 15.2 Å². The van der Waals surface area contributed by atoms with Gasteiger partial charge < -0.3 is 19.1 Å². The van der Waals surface area contributed by atoms with E-state index in [0.29, 0.717) is 31.4 Å². The number of carbonyl (C=O) groups excluding carboxylic acids is 1. The maximum Gasteiger partial charge on any atom is 0.250 e. The van der Waals surface area contributed by atoms with Crippen molar-refractivity contribution in [1.82, 2.24) is 19.7 Å². The molecule has 0 N–H and O–H groups in total. The van der Waals surface area contributed by atoms with Crippen LogP contribution in [0.2, 0.25) is 0 Å². The summed E-state index contributed by atoms with van der Waals surface area (Å²) in [5.41, 5.74) is 1.15. The highest BCUT2D eigenvalue weighted by molar-refractivity contribution is 5.80. The van der Waals surface area contributed by atoms with Crippen LogP contribution in [0.4, 0.5) is 5.82 Å². The lowest BCUT2D eigenvalue weighted by molar-refractivity contribution is -0.138. The van der Waals surface area contributed by atoms with Gasteiger partial charge in [-0.1, -0.05) is 6.07 Å². The van der Waals surface area contributed by atoms with Gasteiger partial charge in [0, 0.05) is 56.5 Å². The third-order valence-electron chi connectivity index (χ3n) is 6.72. The molecular formula is C22H27N5O3. The first-order chi connectivity index (χ1) is 14.6. The predicted octanol–water partition coefficient (Wildman–Crippen LogP) is 1.51. The molecule has 5 rings (SSSR count). The number of rotatable bonds is 3. The van der Waals surface area contributed by atoms with Crippen molar-refractivity contribution in [3.8, 4) is 5.88 Å². The Bertz CT molecular complexity index is 989. The van der Waals surface area contributed by atoms with Gasteiger partial charge in [-0.3, -0.25) is 9.59 Å². The average Bonchev–Trinajstić information content (AvgIpc) is 2.79. The minimum absolute atomic E-state index is 0.0283. The number of piperidine rings is 2. The summed E-state index contributed by atoms with van der Waals surface area (Å²) in [5, 5.41) is 8.31. The smallest absolute Gasteiger partial charge is 0.250 e. The van der Waals surface area contributed by atoms with E-state index in [2.05, 4.69) is 15.1 Å². The van der Waals surface area contributed by atoms with Gasteiger partial charge in [0.1, 0.15) is 0 Å². The highest BCUT2D eigenvalue weighted by Gasteiger charge is 2.39. The van der Waals surface area contributed by atoms with Crippen molar-refractivity contribution >= 4 is 11.7 Å². The summed E-state index contributed by atoms with van der Waals surface area (Å²) in [6.45, 7) is 3.72. The number of aromatic nitrogens is 3. The molecule has 8 nitrogen and oxygen atoms in total. The number of nitrogens with zero attached hydrogens (tertiary/aromatic N) is 5. The van der Waals surface area contributed by atoms with Gasteiger partial charge in [0.2, 0.25) is 11.8 Å². The molecule has 5 heterocycles. The topological polar surface area (TPSA) is 80.6 Å². The molecule has 2 aromatic rings. The molecule has 0 saturated carbocycles. The fraction of sp³-hybridized carbons (Fsp3) is 0.545. The number of anilines is 1. The number of fused-ring (bicyclic) bond motifs is 4. The summed E-state index contributed by atoms with van der Waals surface area (Å²) in [7, 11) is 1.57. The van der Waals surface area contributed by atoms with Crippen LogP contribution in [0.1, 0.15) is 30.9 Å². The number of hydrogen-bond donors (Lipinski definition) is 0. The zero-order valence-electron chi connectivity index (χ0n) is 17.2. The van der Waals surface area contributed by atoms with Crippen LogP contribution in [-0.4, -0.2) is 58.9 Å². The Morgan fingerprint density at radius 3 is 2.80 bits per heavy atom. The monoisotopic (exact) mass is 409 g/mol. The molecule has 1 amide bonds. The molecule has 2 bridgehead atoms. The van der Waals surface area contributed by atoms with Gasteiger partial charge in [0.05, 0.1) is 13.0 Å². The highest BCUT2D eigenvalue weighted by Crippen LogP contribution is 2.36. The summed E-state index contributed by atoms with van der Waals surface area (Å²) in [6, 6.07) is 9.22. The first kappa shape index (κ1) is 19.1. The molecule has 3 atom stereocenters. The molecule has 0 spiro atoms. The summed E-state index contributed by atoms with van der Waals surface area (Å²) < 4.78 is 7.00. The predicted molar refractivity (Wildman–Crippen MR) is 112 cm³/mol. The van der Waals surface area contributed by atoms with E-state index < -0.39 is 0 Å². The van der Waals surface area contributed by atoms with Gasteiger partial charge in [-0.25, -0.2) is 0 Å². The SMILES string of the molecule is COc1ccc(N2CCC[C@@H](C(=O)N3C[C@@H]4C[C@H](C3)c3cccc(=O)n3C4)C2)nn1. The lowest BCUT2D eigenvalue weighted by Gasteiger charge is -2.44. The van der Waals surface area contributed by atoms with E-state index in [1.807, 2.05) is 27.7 Å². The molecule has 2 aromatic heterocycles. The molecule has 158 valence electrons. The number of amides is 1. The second-order valence-electron chi connectivity index (χ2n) is 8.66. The van der Waals surface area contributed by atoms with Crippen LogP contribution in [0.25, 0.3) is 0 Å². The van der Waals surface area contributed by atoms with Gasteiger partial charge in [-0.15, -0.1) is 10.2 Å². The molecule has 0 aliphatic carbocycles. The highest BCUT2D eigenvalue weighted by atomic mass is 16.5. The van der Waals surface area contributed by atoms with Crippen LogP contribution in [0.3, 0.4) is 0 Å². The molecule has 2 saturated heterocycles. The van der Waals surface area contributed by atoms with E-state index >= 15 is 0 Å². The number of pyridine rings is 1. The number of likely N-dealkylation sites (tertiary alicyclic amines) is 1. The van der Waals surface area contributed by atoms with E-state index in [-0.39, 0.29) is 23.3 Å². The van der Waals surface area contributed by atoms with Crippen LogP contribution in [-0.2, 0) is 11.3 Å². The van der Waals surface area contributed by atoms with Crippen molar-refractivity contribution < 1.29 is 9.53 Å². The fourth-order valence-corrected chi connectivity index (χ4v) is 5.31. The maximum absolute atomic E-state index is 13.4. The first-order valence-corrected chi connectivity index (χ1v) is 10.7. The van der Waals surface area contributed by atoms with Crippen molar-refractivity contribution in [2.45, 2.75) is 31.7 Å². The van der Waals surface area contributed by atoms with E-state index in [0.717, 1.165) is 43.9 Å². The van der Waals surface area contributed by atoms with E-state index in [4.69, 9.17) is 4.74 Å². The molecule has 30 heavy (non-hydrogen) atoms. The fourth-order valence-electron chi connectivity index (χ4n) is 5.31. The van der Waals surface area contributed by atoms with Gasteiger partial charge in [-0.05, 0) is 37.3 Å². The van der Waals surface area contributed by atoms with Crippen molar-refractivity contribution in [3.63, 3.8) is 0 Å². The number of ether oxygens (including phenoxy) is 1.